The summed E-state index contributed by atoms with van der Waals surface area (Å²) in [6.45, 7) is 3.68. The van der Waals surface area contributed by atoms with Gasteiger partial charge >= 0.3 is 0 Å². The van der Waals surface area contributed by atoms with Crippen molar-refractivity contribution in [3.05, 3.63) is 65.2 Å². The van der Waals surface area contributed by atoms with Crippen LogP contribution in [0.2, 0.25) is 0 Å². The zero-order valence-corrected chi connectivity index (χ0v) is 20.4. The van der Waals surface area contributed by atoms with Gasteiger partial charge in [-0.2, -0.15) is 0 Å². The van der Waals surface area contributed by atoms with Crippen molar-refractivity contribution >= 4 is 23.1 Å². The van der Waals surface area contributed by atoms with E-state index >= 15 is 0 Å². The average Bonchev–Trinajstić information content (AvgIpc) is 3.61. The van der Waals surface area contributed by atoms with Gasteiger partial charge in [0.2, 0.25) is 0 Å². The predicted molar refractivity (Wildman–Crippen MR) is 133 cm³/mol. The molecule has 0 N–H and O–H groups in total. The Labute approximate surface area is 202 Å². The number of ether oxygens (including phenoxy) is 2. The van der Waals surface area contributed by atoms with Gasteiger partial charge in [-0.15, -0.1) is 21.5 Å². The number of aryl methyl sites for hydroxylation is 1. The second-order valence-corrected chi connectivity index (χ2v) is 9.88. The minimum atomic E-state index is 0.199. The number of rotatable bonds is 8. The van der Waals surface area contributed by atoms with Crippen molar-refractivity contribution in [3.63, 3.8) is 0 Å². The van der Waals surface area contributed by atoms with Crippen LogP contribution < -0.4 is 4.74 Å². The van der Waals surface area contributed by atoms with Crippen LogP contribution in [0, 0.1) is 6.92 Å². The standard InChI is InChI=1S/C25H26N4O2S2/c1-17-5-7-19(8-6-17)24-26-20(15-32-24)16-33-25-28-27-23(18-9-11-21(30-2)12-10-18)29(25)14-22-4-3-13-31-22/h5-12,15,22H,3-4,13-14,16H2,1-2H3. The first kappa shape index (κ1) is 22.1. The van der Waals surface area contributed by atoms with Crippen LogP contribution in [0.25, 0.3) is 22.0 Å². The van der Waals surface area contributed by atoms with Gasteiger partial charge < -0.3 is 9.47 Å². The highest BCUT2D eigenvalue weighted by Crippen LogP contribution is 2.31. The Morgan fingerprint density at radius 1 is 1.09 bits per heavy atom. The summed E-state index contributed by atoms with van der Waals surface area (Å²) >= 11 is 3.35. The number of hydrogen-bond donors (Lipinski definition) is 0. The maximum absolute atomic E-state index is 5.92. The SMILES string of the molecule is COc1ccc(-c2nnc(SCc3csc(-c4ccc(C)cc4)n3)n2CC2CCCO2)cc1. The van der Waals surface area contributed by atoms with Crippen molar-refractivity contribution in [3.8, 4) is 27.7 Å². The lowest BCUT2D eigenvalue weighted by Gasteiger charge is -2.14. The summed E-state index contributed by atoms with van der Waals surface area (Å²) in [5.74, 6) is 2.43. The summed E-state index contributed by atoms with van der Waals surface area (Å²) in [4.78, 5) is 4.84. The quantitative estimate of drug-likeness (QED) is 0.296. The number of benzene rings is 2. The third-order valence-corrected chi connectivity index (χ3v) is 7.62. The molecule has 5 rings (SSSR count). The molecule has 2 aromatic heterocycles. The van der Waals surface area contributed by atoms with E-state index in [1.807, 2.05) is 24.3 Å². The molecule has 1 aliphatic rings. The van der Waals surface area contributed by atoms with E-state index in [9.17, 15) is 0 Å². The van der Waals surface area contributed by atoms with Crippen molar-refractivity contribution < 1.29 is 9.47 Å². The molecule has 0 aliphatic carbocycles. The Kier molecular flexibility index (Phi) is 6.75. The van der Waals surface area contributed by atoms with Crippen molar-refractivity contribution in [1.82, 2.24) is 19.7 Å². The molecule has 0 saturated carbocycles. The fraction of sp³-hybridized carbons (Fsp3) is 0.320. The maximum Gasteiger partial charge on any atom is 0.191 e. The lowest BCUT2D eigenvalue weighted by molar-refractivity contribution is 0.0953. The van der Waals surface area contributed by atoms with E-state index in [1.54, 1.807) is 30.2 Å². The minimum absolute atomic E-state index is 0.199. The van der Waals surface area contributed by atoms with Gasteiger partial charge in [0, 0.05) is 28.9 Å². The number of hydrogen-bond acceptors (Lipinski definition) is 7. The zero-order chi connectivity index (χ0) is 22.6. The third-order valence-electron chi connectivity index (χ3n) is 5.67. The summed E-state index contributed by atoms with van der Waals surface area (Å²) in [5.41, 5.74) is 4.48. The van der Waals surface area contributed by atoms with Crippen molar-refractivity contribution in [2.75, 3.05) is 13.7 Å². The molecule has 1 unspecified atom stereocenters. The first-order chi connectivity index (χ1) is 16.2. The summed E-state index contributed by atoms with van der Waals surface area (Å²) in [6, 6.07) is 16.5. The Balaban J connectivity index is 1.36. The number of nitrogens with zero attached hydrogens (tertiary/aromatic N) is 4. The van der Waals surface area contributed by atoms with Crippen LogP contribution in [-0.2, 0) is 17.0 Å². The topological polar surface area (TPSA) is 62.1 Å². The van der Waals surface area contributed by atoms with E-state index in [0.29, 0.717) is 0 Å². The molecule has 1 fully saturated rings. The monoisotopic (exact) mass is 478 g/mol. The van der Waals surface area contributed by atoms with Crippen LogP contribution in [0.1, 0.15) is 24.1 Å². The molecular formula is C25H26N4O2S2. The molecule has 1 saturated heterocycles. The lowest BCUT2D eigenvalue weighted by atomic mass is 10.2. The summed E-state index contributed by atoms with van der Waals surface area (Å²) < 4.78 is 13.4. The molecule has 33 heavy (non-hydrogen) atoms. The smallest absolute Gasteiger partial charge is 0.191 e. The number of aromatic nitrogens is 4. The van der Waals surface area contributed by atoms with Crippen LogP contribution in [0.3, 0.4) is 0 Å². The van der Waals surface area contributed by atoms with Crippen LogP contribution in [0.15, 0.2) is 59.1 Å². The molecule has 8 heteroatoms. The number of thiazole rings is 1. The van der Waals surface area contributed by atoms with Crippen LogP contribution in [0.4, 0.5) is 0 Å². The van der Waals surface area contributed by atoms with Gasteiger partial charge in [-0.1, -0.05) is 41.6 Å². The van der Waals surface area contributed by atoms with Crippen LogP contribution in [-0.4, -0.2) is 39.6 Å². The molecule has 2 aromatic carbocycles. The fourth-order valence-electron chi connectivity index (χ4n) is 3.85. The van der Waals surface area contributed by atoms with Gasteiger partial charge in [-0.05, 0) is 44.0 Å². The molecule has 6 nitrogen and oxygen atoms in total. The molecule has 0 bridgehead atoms. The summed E-state index contributed by atoms with van der Waals surface area (Å²) in [7, 11) is 1.67. The van der Waals surface area contributed by atoms with E-state index in [-0.39, 0.29) is 6.10 Å². The molecule has 170 valence electrons. The Morgan fingerprint density at radius 3 is 2.61 bits per heavy atom. The van der Waals surface area contributed by atoms with Crippen molar-refractivity contribution in [2.45, 2.75) is 43.3 Å². The van der Waals surface area contributed by atoms with Crippen LogP contribution >= 0.6 is 23.1 Å². The molecule has 0 amide bonds. The largest absolute Gasteiger partial charge is 0.497 e. The van der Waals surface area contributed by atoms with Gasteiger partial charge in [0.05, 0.1) is 25.5 Å². The van der Waals surface area contributed by atoms with Crippen molar-refractivity contribution in [2.24, 2.45) is 0 Å². The lowest BCUT2D eigenvalue weighted by Crippen LogP contribution is -2.16. The van der Waals surface area contributed by atoms with Gasteiger partial charge in [-0.25, -0.2) is 4.98 Å². The van der Waals surface area contributed by atoms with E-state index in [1.165, 1.54) is 5.56 Å². The molecule has 1 atom stereocenters. The predicted octanol–water partition coefficient (Wildman–Crippen LogP) is 5.86. The molecule has 3 heterocycles. The van der Waals surface area contributed by atoms with E-state index in [4.69, 9.17) is 14.5 Å². The molecule has 4 aromatic rings. The normalized spacial score (nSPS) is 15.8. The first-order valence-electron chi connectivity index (χ1n) is 11.0. The Hall–Kier alpha value is -2.68. The second-order valence-electron chi connectivity index (χ2n) is 8.08. The zero-order valence-electron chi connectivity index (χ0n) is 18.7. The van der Waals surface area contributed by atoms with Crippen molar-refractivity contribution in [1.29, 1.82) is 0 Å². The maximum atomic E-state index is 5.92. The highest BCUT2D eigenvalue weighted by atomic mass is 32.2. The summed E-state index contributed by atoms with van der Waals surface area (Å²) in [5, 5.41) is 13.1. The molecular weight excluding hydrogens is 452 g/mol. The second kappa shape index (κ2) is 10.1. The van der Waals surface area contributed by atoms with Crippen LogP contribution in [0.5, 0.6) is 5.75 Å². The molecule has 1 aliphatic heterocycles. The van der Waals surface area contributed by atoms with Gasteiger partial charge in [0.1, 0.15) is 10.8 Å². The van der Waals surface area contributed by atoms with Gasteiger partial charge in [0.25, 0.3) is 0 Å². The van der Waals surface area contributed by atoms with E-state index in [2.05, 4.69) is 51.3 Å². The Morgan fingerprint density at radius 2 is 1.88 bits per heavy atom. The molecule has 0 radical (unpaired) electrons. The highest BCUT2D eigenvalue weighted by molar-refractivity contribution is 7.98. The summed E-state index contributed by atoms with van der Waals surface area (Å²) in [6.07, 6.45) is 2.37. The van der Waals surface area contributed by atoms with Gasteiger partial charge in [0.15, 0.2) is 11.0 Å². The minimum Gasteiger partial charge on any atom is -0.497 e. The number of methoxy groups -OCH3 is 1. The van der Waals surface area contributed by atoms with Gasteiger partial charge in [-0.3, -0.25) is 4.57 Å². The third kappa shape index (κ3) is 5.13. The number of thioether (sulfide) groups is 1. The van der Waals surface area contributed by atoms with E-state index < -0.39 is 0 Å². The Bertz CT molecular complexity index is 1200. The fourth-order valence-corrected chi connectivity index (χ4v) is 5.62. The first-order valence-corrected chi connectivity index (χ1v) is 12.9. The average molecular weight is 479 g/mol. The molecule has 0 spiro atoms. The highest BCUT2D eigenvalue weighted by Gasteiger charge is 2.22. The van der Waals surface area contributed by atoms with E-state index in [0.717, 1.165) is 70.3 Å².